The zero-order valence-electron chi connectivity index (χ0n) is 14.3. The second-order valence-electron chi connectivity index (χ2n) is 8.01. The van der Waals surface area contributed by atoms with Crippen LogP contribution in [0.2, 0.25) is 39.3 Å². The molecule has 0 amide bonds. The van der Waals surface area contributed by atoms with Gasteiger partial charge in [0, 0.05) is 6.92 Å². The molecule has 1 aromatic rings. The van der Waals surface area contributed by atoms with E-state index >= 15 is 0 Å². The van der Waals surface area contributed by atoms with Gasteiger partial charge in [-0.3, -0.25) is 0 Å². The zero-order chi connectivity index (χ0) is 15.8. The van der Waals surface area contributed by atoms with Crippen molar-refractivity contribution in [3.05, 3.63) is 35.9 Å². The van der Waals surface area contributed by atoms with Crippen molar-refractivity contribution in [3.63, 3.8) is 0 Å². The summed E-state index contributed by atoms with van der Waals surface area (Å²) in [5, 5.41) is 0. The summed E-state index contributed by atoms with van der Waals surface area (Å²) in [7, 11) is -3.05. The molecular formula is C16H28NOPSi2. The highest BCUT2D eigenvalue weighted by atomic mass is 31.1. The SMILES string of the molecule is CC1=NP(C([Si](C)(C)C)[Si](C)(C)C)[C@H](c2ccccc2)O1. The molecule has 1 aliphatic rings. The third kappa shape index (κ3) is 3.85. The minimum Gasteiger partial charge on any atom is -0.467 e. The van der Waals surface area contributed by atoms with Crippen molar-refractivity contribution in [2.75, 3.05) is 0 Å². The number of rotatable bonds is 4. The molecule has 2 rings (SSSR count). The Morgan fingerprint density at radius 1 is 1.00 bits per heavy atom. The van der Waals surface area contributed by atoms with Crippen molar-refractivity contribution in [1.82, 2.24) is 0 Å². The maximum atomic E-state index is 6.15. The van der Waals surface area contributed by atoms with Crippen LogP contribution in [0.25, 0.3) is 0 Å². The van der Waals surface area contributed by atoms with Gasteiger partial charge in [-0.05, 0) is 10.5 Å². The molecule has 0 radical (unpaired) electrons. The van der Waals surface area contributed by atoms with Crippen LogP contribution in [-0.4, -0.2) is 27.0 Å². The van der Waals surface area contributed by atoms with E-state index in [4.69, 9.17) is 9.50 Å². The van der Waals surface area contributed by atoms with E-state index in [-0.39, 0.29) is 5.85 Å². The molecule has 0 aromatic heterocycles. The maximum Gasteiger partial charge on any atom is 0.185 e. The van der Waals surface area contributed by atoms with E-state index in [0.717, 1.165) is 10.8 Å². The van der Waals surface area contributed by atoms with Crippen molar-refractivity contribution in [3.8, 4) is 0 Å². The average molecular weight is 338 g/mol. The number of ether oxygens (including phenoxy) is 1. The van der Waals surface area contributed by atoms with Crippen LogP contribution in [0.1, 0.15) is 18.3 Å². The van der Waals surface area contributed by atoms with Crippen LogP contribution in [0, 0.1) is 0 Å². The second-order valence-corrected chi connectivity index (χ2v) is 22.1. The molecule has 0 saturated carbocycles. The van der Waals surface area contributed by atoms with E-state index in [2.05, 4.69) is 69.6 Å². The first kappa shape index (κ1) is 16.9. The summed E-state index contributed by atoms with van der Waals surface area (Å²) >= 11 is 0. The third-order valence-electron chi connectivity index (χ3n) is 3.77. The van der Waals surface area contributed by atoms with E-state index in [1.54, 1.807) is 0 Å². The van der Waals surface area contributed by atoms with Crippen molar-refractivity contribution in [2.24, 2.45) is 4.76 Å². The molecule has 0 saturated heterocycles. The Balaban J connectivity index is 2.42. The molecule has 0 fully saturated rings. The van der Waals surface area contributed by atoms with E-state index in [0.29, 0.717) is 0 Å². The van der Waals surface area contributed by atoms with Crippen LogP contribution < -0.4 is 0 Å². The Kier molecular flexibility index (Phi) is 4.82. The van der Waals surface area contributed by atoms with Gasteiger partial charge >= 0.3 is 0 Å². The third-order valence-corrected chi connectivity index (χ3v) is 20.4. The summed E-state index contributed by atoms with van der Waals surface area (Å²) in [6.45, 7) is 17.0. The molecule has 0 spiro atoms. The lowest BCUT2D eigenvalue weighted by Gasteiger charge is -2.42. The van der Waals surface area contributed by atoms with Gasteiger partial charge in [0.15, 0.2) is 11.7 Å². The molecular weight excluding hydrogens is 309 g/mol. The fourth-order valence-electron chi connectivity index (χ4n) is 3.58. The first-order chi connectivity index (χ1) is 9.60. The quantitative estimate of drug-likeness (QED) is 0.513. The van der Waals surface area contributed by atoms with E-state index in [1.807, 2.05) is 6.92 Å². The van der Waals surface area contributed by atoms with Gasteiger partial charge < -0.3 is 4.74 Å². The van der Waals surface area contributed by atoms with Crippen LogP contribution in [0.15, 0.2) is 35.1 Å². The topological polar surface area (TPSA) is 21.6 Å². The summed E-state index contributed by atoms with van der Waals surface area (Å²) in [4.78, 5) is 0.780. The highest BCUT2D eigenvalue weighted by molar-refractivity contribution is 7.64. The smallest absolute Gasteiger partial charge is 0.185 e. The predicted molar refractivity (Wildman–Crippen MR) is 101 cm³/mol. The summed E-state index contributed by atoms with van der Waals surface area (Å²) in [6, 6.07) is 10.7. The van der Waals surface area contributed by atoms with Gasteiger partial charge in [0.05, 0.1) is 24.2 Å². The molecule has 2 atom stereocenters. The Morgan fingerprint density at radius 2 is 1.52 bits per heavy atom. The lowest BCUT2D eigenvalue weighted by atomic mass is 10.2. The lowest BCUT2D eigenvalue weighted by molar-refractivity contribution is 0.284. The molecule has 5 heteroatoms. The molecule has 0 N–H and O–H groups in total. The highest BCUT2D eigenvalue weighted by Gasteiger charge is 2.48. The molecule has 1 aromatic carbocycles. The molecule has 1 aliphatic heterocycles. The number of benzene rings is 1. The van der Waals surface area contributed by atoms with E-state index in [1.165, 1.54) is 5.56 Å². The second kappa shape index (κ2) is 5.98. The van der Waals surface area contributed by atoms with Crippen LogP contribution in [0.3, 0.4) is 0 Å². The molecule has 116 valence electrons. The van der Waals surface area contributed by atoms with Gasteiger partial charge in [-0.15, -0.1) is 0 Å². The van der Waals surface area contributed by atoms with Gasteiger partial charge in [0.25, 0.3) is 0 Å². The predicted octanol–water partition coefficient (Wildman–Crippen LogP) is 5.65. The summed E-state index contributed by atoms with van der Waals surface area (Å²) < 4.78 is 11.2. The fraction of sp³-hybridized carbons (Fsp3) is 0.562. The lowest BCUT2D eigenvalue weighted by Crippen LogP contribution is -2.52. The Labute approximate surface area is 132 Å². The van der Waals surface area contributed by atoms with Gasteiger partial charge in [-0.1, -0.05) is 69.6 Å². The molecule has 0 bridgehead atoms. The first-order valence-electron chi connectivity index (χ1n) is 7.66. The Hall–Kier alpha value is -0.446. The Bertz CT molecular complexity index is 505. The number of hydrogen-bond donors (Lipinski definition) is 0. The summed E-state index contributed by atoms with van der Waals surface area (Å²) in [5.74, 6) is 1.06. The van der Waals surface area contributed by atoms with Crippen molar-refractivity contribution >= 4 is 30.1 Å². The fourth-order valence-corrected chi connectivity index (χ4v) is 23.1. The van der Waals surface area contributed by atoms with Crippen LogP contribution >= 0.6 is 8.07 Å². The summed E-state index contributed by atoms with van der Waals surface area (Å²) in [5.41, 5.74) is 1.30. The van der Waals surface area contributed by atoms with Gasteiger partial charge in [-0.25, -0.2) is 4.76 Å². The largest absolute Gasteiger partial charge is 0.467 e. The van der Waals surface area contributed by atoms with Crippen LogP contribution in [0.5, 0.6) is 0 Å². The van der Waals surface area contributed by atoms with Crippen molar-refractivity contribution < 1.29 is 4.74 Å². The average Bonchev–Trinajstić information content (AvgIpc) is 2.68. The summed E-state index contributed by atoms with van der Waals surface area (Å²) in [6.07, 6.45) is 0. The maximum absolute atomic E-state index is 6.15. The van der Waals surface area contributed by atoms with Gasteiger partial charge in [0.2, 0.25) is 0 Å². The molecule has 1 unspecified atom stereocenters. The van der Waals surface area contributed by atoms with Crippen molar-refractivity contribution in [1.29, 1.82) is 0 Å². The van der Waals surface area contributed by atoms with E-state index in [9.17, 15) is 0 Å². The van der Waals surface area contributed by atoms with Crippen LogP contribution in [-0.2, 0) is 4.74 Å². The monoisotopic (exact) mass is 337 g/mol. The van der Waals surface area contributed by atoms with E-state index < -0.39 is 24.2 Å². The molecule has 0 aliphatic carbocycles. The standard InChI is InChI=1S/C16H28NOPSi2/c1-13-17-19(16(20(2,3)4)21(5,6)7)15(18-13)14-11-9-8-10-12-14/h8-12,15-16H,1-7H3/t15-,19?/m1/s1. The highest BCUT2D eigenvalue weighted by Crippen LogP contribution is 2.64. The first-order valence-corrected chi connectivity index (χ1v) is 16.2. The van der Waals surface area contributed by atoms with Gasteiger partial charge in [-0.2, -0.15) is 0 Å². The molecule has 2 nitrogen and oxygen atoms in total. The minimum atomic E-state index is -1.29. The van der Waals surface area contributed by atoms with Crippen molar-refractivity contribution in [2.45, 2.75) is 57.0 Å². The van der Waals surface area contributed by atoms with Gasteiger partial charge in [0.1, 0.15) is 0 Å². The van der Waals surface area contributed by atoms with Crippen LogP contribution in [0.4, 0.5) is 0 Å². The normalized spacial score (nSPS) is 23.1. The number of nitrogens with zero attached hydrogens (tertiary/aromatic N) is 1. The Morgan fingerprint density at radius 3 is 2.00 bits per heavy atom. The molecule has 21 heavy (non-hydrogen) atoms. The minimum absolute atomic E-state index is 0.171. The zero-order valence-corrected chi connectivity index (χ0v) is 17.2. The molecule has 1 heterocycles. The number of hydrogen-bond acceptors (Lipinski definition) is 2.